The summed E-state index contributed by atoms with van der Waals surface area (Å²) < 4.78 is 20.1. The molecule has 8 rings (SSSR count). The predicted molar refractivity (Wildman–Crippen MR) is 263 cm³/mol. The highest BCUT2D eigenvalue weighted by Gasteiger charge is 2.41. The third-order valence-electron chi connectivity index (χ3n) is 14.1. The highest BCUT2D eigenvalue weighted by molar-refractivity contribution is 5.95. The molecular formula is C53H69N9O7. The van der Waals surface area contributed by atoms with Crippen LogP contribution in [0, 0.1) is 29.1 Å². The number of amides is 3. The van der Waals surface area contributed by atoms with Crippen molar-refractivity contribution in [3.63, 3.8) is 0 Å². The van der Waals surface area contributed by atoms with Gasteiger partial charge in [0, 0.05) is 87.2 Å². The van der Waals surface area contributed by atoms with E-state index in [1.165, 1.54) is 11.3 Å². The molecule has 0 spiro atoms. The number of hydrogen-bond donors (Lipinski definition) is 2. The molecule has 3 fully saturated rings. The average molecular weight is 944 g/mol. The molecule has 368 valence electrons. The van der Waals surface area contributed by atoms with Crippen LogP contribution in [0.4, 0.5) is 0 Å². The zero-order valence-electron chi connectivity index (χ0n) is 41.3. The molecule has 2 aromatic heterocycles. The number of ether oxygens (including phenoxy) is 3. The second-order valence-corrected chi connectivity index (χ2v) is 20.2. The van der Waals surface area contributed by atoms with Crippen molar-refractivity contribution in [1.82, 2.24) is 45.0 Å². The first-order valence-corrected chi connectivity index (χ1v) is 24.6. The second-order valence-electron chi connectivity index (χ2n) is 20.2. The third-order valence-corrected chi connectivity index (χ3v) is 14.1. The molecule has 2 aromatic carbocycles. The zero-order chi connectivity index (χ0) is 48.8. The van der Waals surface area contributed by atoms with Crippen LogP contribution in [-0.4, -0.2) is 156 Å². The first kappa shape index (κ1) is 49.7. The number of rotatable bonds is 10. The van der Waals surface area contributed by atoms with E-state index < -0.39 is 41.5 Å². The molecule has 3 saturated heterocycles. The van der Waals surface area contributed by atoms with E-state index in [1.807, 2.05) is 62.5 Å². The van der Waals surface area contributed by atoms with E-state index >= 15 is 4.79 Å². The minimum absolute atomic E-state index is 0.132. The maximum absolute atomic E-state index is 15.0. The van der Waals surface area contributed by atoms with Crippen LogP contribution in [0.25, 0.3) is 33.3 Å². The van der Waals surface area contributed by atoms with Gasteiger partial charge in [0.25, 0.3) is 11.8 Å². The standard InChI is InChI=1S/C53H69N9O7/c1-8-61-44-17-16-38-27-41(44)42(48(61)40-29-54-34-55-30-40)28-53(4,5)33-69-52(66)43-14-10-20-62(57-43)51(65)46(49(67-7)39-13-9-12-37(38)26-39)56-50(64)47(35(2)3)58(6)31-36-18-21-60(32-36)45(63)15-11-19-59-22-24-68-25-23-59/h9,12-13,16-17,26-27,29-30,34-36,43,46-47,49,57H,8,10,14,18-25,28,31-33H2,1-7H3,(H,56,64)/t36?,43-,46-,47-,49+/m0/s1. The summed E-state index contributed by atoms with van der Waals surface area (Å²) >= 11 is 0. The van der Waals surface area contributed by atoms with Crippen molar-refractivity contribution in [3.05, 3.63) is 72.3 Å². The van der Waals surface area contributed by atoms with Gasteiger partial charge in [-0.2, -0.15) is 0 Å². The highest BCUT2D eigenvalue weighted by atomic mass is 16.5. The summed E-state index contributed by atoms with van der Waals surface area (Å²) in [6, 6.07) is 11.9. The summed E-state index contributed by atoms with van der Waals surface area (Å²) in [6.07, 6.45) is 6.73. The number of likely N-dealkylation sites (tertiary alicyclic amines) is 1. The van der Waals surface area contributed by atoms with Crippen molar-refractivity contribution in [2.45, 2.75) is 91.1 Å². The lowest BCUT2D eigenvalue weighted by Crippen LogP contribution is -2.63. The molecule has 0 saturated carbocycles. The Bertz CT molecular complexity index is 2550. The quantitative estimate of drug-likeness (QED) is 0.167. The van der Waals surface area contributed by atoms with Crippen molar-refractivity contribution in [3.8, 4) is 34.2 Å². The fourth-order valence-corrected chi connectivity index (χ4v) is 10.7. The van der Waals surface area contributed by atoms with Crippen LogP contribution in [0.5, 0.6) is 0 Å². The van der Waals surface area contributed by atoms with Gasteiger partial charge in [-0.3, -0.25) is 34.0 Å². The summed E-state index contributed by atoms with van der Waals surface area (Å²) in [6.45, 7) is 16.7. The van der Waals surface area contributed by atoms with Gasteiger partial charge in [0.1, 0.15) is 24.5 Å². The summed E-state index contributed by atoms with van der Waals surface area (Å²) in [5.74, 6) is 4.54. The Hall–Kier alpha value is -5.70. The Morgan fingerprint density at radius 1 is 1.01 bits per heavy atom. The number of methoxy groups -OCH3 is 1. The minimum atomic E-state index is -1.17. The van der Waals surface area contributed by atoms with Crippen LogP contribution in [-0.2, 0) is 46.4 Å². The summed E-state index contributed by atoms with van der Waals surface area (Å²) in [4.78, 5) is 71.7. The number of benzene rings is 2. The monoisotopic (exact) mass is 944 g/mol. The number of carbonyl (C=O) groups is 4. The molecule has 16 heteroatoms. The van der Waals surface area contributed by atoms with Gasteiger partial charge >= 0.3 is 5.97 Å². The number of hydrazine groups is 1. The van der Waals surface area contributed by atoms with Gasteiger partial charge in [-0.05, 0) is 97.9 Å². The molecule has 6 heterocycles. The average Bonchev–Trinajstić information content (AvgIpc) is 3.94. The Morgan fingerprint density at radius 3 is 2.52 bits per heavy atom. The number of carbonyl (C=O) groups excluding carboxylic acids is 4. The number of likely N-dealkylation sites (N-methyl/N-ethyl adjacent to an activating group) is 1. The number of morpholine rings is 1. The van der Waals surface area contributed by atoms with E-state index in [2.05, 4.69) is 81.0 Å². The van der Waals surface area contributed by atoms with Gasteiger partial charge in [-0.1, -0.05) is 57.9 Å². The molecule has 1 unspecified atom stereocenters. The highest BCUT2D eigenvalue weighted by Crippen LogP contribution is 2.40. The lowest BCUT2D eigenvalue weighted by molar-refractivity contribution is -0.156. The second kappa shape index (κ2) is 21.9. The van der Waals surface area contributed by atoms with Crippen molar-refractivity contribution < 1.29 is 33.4 Å². The summed E-state index contributed by atoms with van der Waals surface area (Å²) in [5, 5.41) is 5.70. The number of hydrogen-bond acceptors (Lipinski definition) is 12. The van der Waals surface area contributed by atoms with E-state index in [0.29, 0.717) is 77.3 Å². The first-order valence-electron chi connectivity index (χ1n) is 24.6. The molecule has 0 radical (unpaired) electrons. The Labute approximate surface area is 406 Å². The van der Waals surface area contributed by atoms with Gasteiger partial charge in [0.15, 0.2) is 0 Å². The van der Waals surface area contributed by atoms with Crippen molar-refractivity contribution in [1.29, 1.82) is 0 Å². The molecule has 4 aliphatic heterocycles. The largest absolute Gasteiger partial charge is 0.464 e. The van der Waals surface area contributed by atoms with E-state index in [0.717, 1.165) is 58.4 Å². The molecule has 69 heavy (non-hydrogen) atoms. The molecule has 4 aliphatic rings. The molecule has 0 aliphatic carbocycles. The Morgan fingerprint density at radius 2 is 1.78 bits per heavy atom. The Balaban J connectivity index is 1.09. The van der Waals surface area contributed by atoms with Crippen LogP contribution in [0.2, 0.25) is 0 Å². The number of aryl methyl sites for hydroxylation is 1. The van der Waals surface area contributed by atoms with Gasteiger partial charge in [0.2, 0.25) is 5.91 Å². The maximum atomic E-state index is 15.0. The topological polar surface area (TPSA) is 164 Å². The lowest BCUT2D eigenvalue weighted by Gasteiger charge is -2.38. The van der Waals surface area contributed by atoms with E-state index in [-0.39, 0.29) is 30.3 Å². The molecule has 4 aromatic rings. The normalized spacial score (nSPS) is 22.8. The maximum Gasteiger partial charge on any atom is 0.324 e. The van der Waals surface area contributed by atoms with Gasteiger partial charge < -0.3 is 29.0 Å². The number of cyclic esters (lactones) is 1. The molecule has 3 amide bonds. The van der Waals surface area contributed by atoms with Crippen LogP contribution in [0.3, 0.4) is 0 Å². The molecular weight excluding hydrogens is 875 g/mol. The summed E-state index contributed by atoms with van der Waals surface area (Å²) in [7, 11) is 3.48. The number of esters is 1. The van der Waals surface area contributed by atoms with Crippen LogP contribution in [0.1, 0.15) is 71.1 Å². The number of nitrogens with one attached hydrogen (secondary N) is 2. The molecule has 2 N–H and O–H groups in total. The number of fused-ring (bicyclic) bond motifs is 6. The fourth-order valence-electron chi connectivity index (χ4n) is 10.7. The zero-order valence-corrected chi connectivity index (χ0v) is 41.3. The van der Waals surface area contributed by atoms with Crippen molar-refractivity contribution in [2.24, 2.45) is 17.3 Å². The van der Waals surface area contributed by atoms with E-state index in [1.54, 1.807) is 12.0 Å². The molecule has 16 nitrogen and oxygen atoms in total. The smallest absolute Gasteiger partial charge is 0.324 e. The lowest BCUT2D eigenvalue weighted by atomic mass is 9.84. The van der Waals surface area contributed by atoms with Crippen molar-refractivity contribution >= 4 is 34.6 Å². The van der Waals surface area contributed by atoms with Gasteiger partial charge in [-0.15, -0.1) is 0 Å². The molecule has 5 atom stereocenters. The van der Waals surface area contributed by atoms with E-state index in [9.17, 15) is 14.4 Å². The van der Waals surface area contributed by atoms with Crippen LogP contribution in [0.15, 0.2) is 61.2 Å². The number of aromatic nitrogens is 3. The van der Waals surface area contributed by atoms with Gasteiger partial charge in [0.05, 0.1) is 38.1 Å². The van der Waals surface area contributed by atoms with Crippen molar-refractivity contribution in [2.75, 3.05) is 79.8 Å². The minimum Gasteiger partial charge on any atom is -0.464 e. The third kappa shape index (κ3) is 11.3. The van der Waals surface area contributed by atoms with Crippen LogP contribution < -0.4 is 10.7 Å². The van der Waals surface area contributed by atoms with E-state index in [4.69, 9.17) is 14.2 Å². The fraction of sp³-hybridized carbons (Fsp3) is 0.547. The van der Waals surface area contributed by atoms with Gasteiger partial charge in [-0.25, -0.2) is 15.4 Å². The SMILES string of the molecule is CCn1c(-c2cncnc2)c2c3cc(ccc31)-c1cccc(c1)[C@@H](OC)[C@H](NC(=O)[C@H](C(C)C)N(C)CC1CCN(C(=O)C#CCN3CCOCC3)C1)C(=O)N1CCC[C@H](N1)C(=O)OCC(C)(C)C2. The Kier molecular flexibility index (Phi) is 15.8. The summed E-state index contributed by atoms with van der Waals surface area (Å²) in [5.41, 5.74) is 9.42. The first-order chi connectivity index (χ1) is 33.2. The van der Waals surface area contributed by atoms with Crippen LogP contribution >= 0.6 is 0 Å². The molecule has 6 bridgehead atoms. The number of nitrogens with zero attached hydrogens (tertiary/aromatic N) is 7. The predicted octanol–water partition coefficient (Wildman–Crippen LogP) is 4.72.